The maximum atomic E-state index is 12.3. The van der Waals surface area contributed by atoms with Crippen molar-refractivity contribution in [2.75, 3.05) is 0 Å². The first-order valence-electron chi connectivity index (χ1n) is 5.69. The SMILES string of the molecule is O=C(c1ccc(O)cc1)C(I)S(=O)(=O)c1ccccc1. The van der Waals surface area contributed by atoms with Gasteiger partial charge in [0, 0.05) is 5.56 Å². The third-order valence-electron chi connectivity index (χ3n) is 2.70. The summed E-state index contributed by atoms with van der Waals surface area (Å²) in [5.41, 5.74) is 0.252. The maximum Gasteiger partial charge on any atom is 0.197 e. The number of alkyl halides is 1. The smallest absolute Gasteiger partial charge is 0.197 e. The standard InChI is InChI=1S/C14H11IO4S/c15-14(13(17)10-6-8-11(16)9-7-10)20(18,19)12-4-2-1-3-5-12/h1-9,14,16H. The van der Waals surface area contributed by atoms with Crippen LogP contribution >= 0.6 is 22.6 Å². The van der Waals surface area contributed by atoms with E-state index in [-0.39, 0.29) is 16.2 Å². The van der Waals surface area contributed by atoms with Gasteiger partial charge in [0.05, 0.1) is 4.90 Å². The second-order valence-electron chi connectivity index (χ2n) is 4.09. The summed E-state index contributed by atoms with van der Waals surface area (Å²) in [5, 5.41) is 9.18. The number of sulfone groups is 1. The van der Waals surface area contributed by atoms with E-state index in [0.717, 1.165) is 0 Å². The summed E-state index contributed by atoms with van der Waals surface area (Å²) in [6.45, 7) is 0. The Morgan fingerprint density at radius 3 is 2.10 bits per heavy atom. The zero-order valence-electron chi connectivity index (χ0n) is 10.2. The van der Waals surface area contributed by atoms with Crippen LogP contribution in [0, 0.1) is 0 Å². The number of Topliss-reactive ketones (excluding diaryl/α,β-unsaturated/α-hetero) is 1. The van der Waals surface area contributed by atoms with Crippen LogP contribution in [0.15, 0.2) is 59.5 Å². The number of hydrogen-bond acceptors (Lipinski definition) is 4. The fourth-order valence-corrected chi connectivity index (χ4v) is 4.06. The number of hydrogen-bond donors (Lipinski definition) is 1. The van der Waals surface area contributed by atoms with E-state index in [1.807, 2.05) is 0 Å². The molecule has 0 heterocycles. The average Bonchev–Trinajstić information content (AvgIpc) is 2.47. The van der Waals surface area contributed by atoms with Gasteiger partial charge >= 0.3 is 0 Å². The van der Waals surface area contributed by atoms with Crippen LogP contribution in [-0.4, -0.2) is 22.6 Å². The molecular formula is C14H11IO4S. The maximum absolute atomic E-state index is 12.3. The van der Waals surface area contributed by atoms with E-state index >= 15 is 0 Å². The van der Waals surface area contributed by atoms with Crippen LogP contribution in [0.2, 0.25) is 0 Å². The molecule has 0 radical (unpaired) electrons. The van der Waals surface area contributed by atoms with Gasteiger partial charge in [0.15, 0.2) is 18.9 Å². The Kier molecular flexibility index (Phi) is 4.44. The van der Waals surface area contributed by atoms with Crippen molar-refractivity contribution in [3.8, 4) is 5.75 Å². The molecule has 0 aliphatic rings. The first kappa shape index (κ1) is 15.0. The third kappa shape index (κ3) is 3.01. The molecular weight excluding hydrogens is 391 g/mol. The Balaban J connectivity index is 2.33. The van der Waals surface area contributed by atoms with Crippen LogP contribution in [0.5, 0.6) is 5.75 Å². The van der Waals surface area contributed by atoms with Gasteiger partial charge in [0.2, 0.25) is 0 Å². The fourth-order valence-electron chi connectivity index (χ4n) is 1.63. The molecule has 0 saturated heterocycles. The summed E-state index contributed by atoms with van der Waals surface area (Å²) in [4.78, 5) is 12.3. The van der Waals surface area contributed by atoms with Crippen molar-refractivity contribution in [1.29, 1.82) is 0 Å². The van der Waals surface area contributed by atoms with Crippen LogP contribution < -0.4 is 0 Å². The largest absolute Gasteiger partial charge is 0.508 e. The molecule has 1 atom stereocenters. The predicted molar refractivity (Wildman–Crippen MR) is 83.9 cm³/mol. The molecule has 2 rings (SSSR count). The number of halogens is 1. The van der Waals surface area contributed by atoms with Gasteiger partial charge < -0.3 is 5.11 Å². The Labute approximate surface area is 130 Å². The summed E-state index contributed by atoms with van der Waals surface area (Å²) in [5.74, 6) is -0.480. The lowest BCUT2D eigenvalue weighted by atomic mass is 10.1. The molecule has 0 aliphatic heterocycles. The number of ketones is 1. The van der Waals surface area contributed by atoms with Crippen molar-refractivity contribution < 1.29 is 18.3 Å². The molecule has 0 aliphatic carbocycles. The Morgan fingerprint density at radius 2 is 1.55 bits per heavy atom. The molecule has 0 saturated carbocycles. The molecule has 0 spiro atoms. The monoisotopic (exact) mass is 402 g/mol. The molecule has 104 valence electrons. The lowest BCUT2D eigenvalue weighted by Crippen LogP contribution is -2.24. The molecule has 1 N–H and O–H groups in total. The number of benzene rings is 2. The number of aromatic hydroxyl groups is 1. The molecule has 1 unspecified atom stereocenters. The van der Waals surface area contributed by atoms with Crippen molar-refractivity contribution in [3.05, 3.63) is 60.2 Å². The first-order valence-corrected chi connectivity index (χ1v) is 8.48. The molecule has 0 fully saturated rings. The van der Waals surface area contributed by atoms with E-state index in [0.29, 0.717) is 0 Å². The van der Waals surface area contributed by atoms with Crippen LogP contribution in [0.4, 0.5) is 0 Å². The van der Waals surface area contributed by atoms with E-state index in [4.69, 9.17) is 0 Å². The van der Waals surface area contributed by atoms with Crippen LogP contribution in [-0.2, 0) is 9.84 Å². The van der Waals surface area contributed by atoms with Crippen molar-refractivity contribution in [2.45, 2.75) is 8.15 Å². The molecule has 0 amide bonds. The zero-order chi connectivity index (χ0) is 14.8. The molecule has 20 heavy (non-hydrogen) atoms. The minimum atomic E-state index is -3.72. The number of phenols is 1. The van der Waals surface area contributed by atoms with E-state index in [1.54, 1.807) is 40.8 Å². The molecule has 4 nitrogen and oxygen atoms in total. The molecule has 0 aromatic heterocycles. The van der Waals surface area contributed by atoms with Gasteiger partial charge in [-0.2, -0.15) is 0 Å². The van der Waals surface area contributed by atoms with E-state index in [9.17, 15) is 18.3 Å². The van der Waals surface area contributed by atoms with E-state index in [1.165, 1.54) is 36.4 Å². The minimum absolute atomic E-state index is 0.0254. The van der Waals surface area contributed by atoms with Crippen molar-refractivity contribution >= 4 is 38.2 Å². The van der Waals surface area contributed by atoms with E-state index < -0.39 is 18.9 Å². The first-order chi connectivity index (χ1) is 9.43. The molecule has 6 heteroatoms. The predicted octanol–water partition coefficient (Wildman–Crippen LogP) is 2.81. The zero-order valence-corrected chi connectivity index (χ0v) is 13.2. The van der Waals surface area contributed by atoms with Gasteiger partial charge in [0.1, 0.15) is 5.75 Å². The highest BCUT2D eigenvalue weighted by Gasteiger charge is 2.31. The van der Waals surface area contributed by atoms with Crippen LogP contribution in [0.1, 0.15) is 10.4 Å². The minimum Gasteiger partial charge on any atom is -0.508 e. The summed E-state index contributed by atoms with van der Waals surface area (Å²) >= 11 is 1.63. The highest BCUT2D eigenvalue weighted by molar-refractivity contribution is 14.1. The molecule has 2 aromatic carbocycles. The van der Waals surface area contributed by atoms with Crippen molar-refractivity contribution in [2.24, 2.45) is 0 Å². The van der Waals surface area contributed by atoms with Crippen molar-refractivity contribution in [1.82, 2.24) is 0 Å². The summed E-state index contributed by atoms with van der Waals surface area (Å²) < 4.78 is 23.5. The Bertz CT molecular complexity index is 709. The fraction of sp³-hybridized carbons (Fsp3) is 0.0714. The lowest BCUT2D eigenvalue weighted by molar-refractivity contribution is 0.101. The van der Waals surface area contributed by atoms with Gasteiger partial charge in [-0.3, -0.25) is 4.79 Å². The summed E-state index contributed by atoms with van der Waals surface area (Å²) in [6.07, 6.45) is 0. The van der Waals surface area contributed by atoms with Gasteiger partial charge in [-0.15, -0.1) is 0 Å². The number of phenolic OH excluding ortho intramolecular Hbond substituents is 1. The van der Waals surface area contributed by atoms with Crippen molar-refractivity contribution in [3.63, 3.8) is 0 Å². The number of rotatable bonds is 4. The Morgan fingerprint density at radius 1 is 1.00 bits per heavy atom. The number of carbonyl (C=O) groups is 1. The van der Waals surface area contributed by atoms with Gasteiger partial charge in [-0.05, 0) is 36.4 Å². The second-order valence-corrected chi connectivity index (χ2v) is 8.21. The lowest BCUT2D eigenvalue weighted by Gasteiger charge is -2.10. The molecule has 2 aromatic rings. The van der Waals surface area contributed by atoms with Crippen LogP contribution in [0.3, 0.4) is 0 Å². The average molecular weight is 402 g/mol. The summed E-state index contributed by atoms with van der Waals surface area (Å²) in [7, 11) is -3.72. The number of carbonyl (C=O) groups excluding carboxylic acids is 1. The topological polar surface area (TPSA) is 71.4 Å². The van der Waals surface area contributed by atoms with Gasteiger partial charge in [-0.25, -0.2) is 8.42 Å². The normalized spacial score (nSPS) is 12.8. The third-order valence-corrected chi connectivity index (χ3v) is 6.96. The quantitative estimate of drug-likeness (QED) is 0.485. The van der Waals surface area contributed by atoms with Crippen LogP contribution in [0.25, 0.3) is 0 Å². The second kappa shape index (κ2) is 5.92. The van der Waals surface area contributed by atoms with Gasteiger partial charge in [-0.1, -0.05) is 40.8 Å². The molecule has 0 bridgehead atoms. The summed E-state index contributed by atoms with van der Waals surface area (Å²) in [6, 6.07) is 13.4. The Hall–Kier alpha value is -1.41. The van der Waals surface area contributed by atoms with Gasteiger partial charge in [0.25, 0.3) is 0 Å². The highest BCUT2D eigenvalue weighted by atomic mass is 127. The highest BCUT2D eigenvalue weighted by Crippen LogP contribution is 2.24. The van der Waals surface area contributed by atoms with E-state index in [2.05, 4.69) is 0 Å².